The summed E-state index contributed by atoms with van der Waals surface area (Å²) in [6.45, 7) is 0. The molecule has 0 radical (unpaired) electrons. The molecule has 0 heterocycles. The quantitative estimate of drug-likeness (QED) is 0.607. The molecule has 0 atom stereocenters. The number of para-hydroxylation sites is 1. The van der Waals surface area contributed by atoms with Crippen molar-refractivity contribution < 1.29 is 19.0 Å². The fraction of sp³-hybridized carbons (Fsp3) is 0.222. The molecule has 0 aliphatic rings. The Morgan fingerprint density at radius 2 is 1.87 bits per heavy atom. The number of carbonyl (C=O) groups excluding carboxylic acids is 1. The average molecular weight is 313 g/mol. The molecule has 0 aliphatic heterocycles. The van der Waals surface area contributed by atoms with E-state index in [1.165, 1.54) is 7.11 Å². The van der Waals surface area contributed by atoms with Gasteiger partial charge >= 0.3 is 5.97 Å². The lowest BCUT2D eigenvalue weighted by molar-refractivity contribution is -0.139. The van der Waals surface area contributed by atoms with Crippen molar-refractivity contribution in [2.45, 2.75) is 6.42 Å². The highest BCUT2D eigenvalue weighted by atomic mass is 16.5. The van der Waals surface area contributed by atoms with Crippen molar-refractivity contribution >= 4 is 17.9 Å². The summed E-state index contributed by atoms with van der Waals surface area (Å²) in [5.74, 6) is 1.08. The van der Waals surface area contributed by atoms with Crippen molar-refractivity contribution in [3.8, 4) is 11.5 Å². The van der Waals surface area contributed by atoms with E-state index in [0.717, 1.165) is 16.8 Å². The van der Waals surface area contributed by atoms with E-state index < -0.39 is 0 Å². The van der Waals surface area contributed by atoms with Crippen molar-refractivity contribution in [3.05, 3.63) is 53.6 Å². The number of nitrogens with zero attached hydrogens (tertiary/aromatic N) is 1. The van der Waals surface area contributed by atoms with Gasteiger partial charge in [-0.3, -0.25) is 9.79 Å². The van der Waals surface area contributed by atoms with E-state index in [0.29, 0.717) is 11.5 Å². The first-order valence-electron chi connectivity index (χ1n) is 7.08. The summed E-state index contributed by atoms with van der Waals surface area (Å²) in [5.41, 5.74) is 2.35. The van der Waals surface area contributed by atoms with Crippen molar-refractivity contribution in [1.82, 2.24) is 0 Å². The topological polar surface area (TPSA) is 57.1 Å². The molecule has 0 N–H and O–H groups in total. The molecule has 0 amide bonds. The lowest BCUT2D eigenvalue weighted by Gasteiger charge is -2.07. The fourth-order valence-electron chi connectivity index (χ4n) is 2.08. The van der Waals surface area contributed by atoms with Crippen LogP contribution in [0.3, 0.4) is 0 Å². The smallest absolute Gasteiger partial charge is 0.310 e. The molecule has 0 aromatic heterocycles. The van der Waals surface area contributed by atoms with Gasteiger partial charge in [0.05, 0.1) is 33.4 Å². The van der Waals surface area contributed by atoms with Gasteiger partial charge in [-0.25, -0.2) is 0 Å². The van der Waals surface area contributed by atoms with Crippen LogP contribution in [0.1, 0.15) is 11.1 Å². The molecule has 0 fully saturated rings. The molecule has 120 valence electrons. The van der Waals surface area contributed by atoms with Crippen LogP contribution in [0.25, 0.3) is 0 Å². The molecule has 0 unspecified atom stereocenters. The van der Waals surface area contributed by atoms with Crippen LogP contribution in [0, 0.1) is 0 Å². The van der Waals surface area contributed by atoms with E-state index in [2.05, 4.69) is 4.99 Å². The van der Waals surface area contributed by atoms with Crippen LogP contribution in [0.4, 0.5) is 5.69 Å². The molecule has 2 aromatic carbocycles. The van der Waals surface area contributed by atoms with E-state index >= 15 is 0 Å². The molecular formula is C18H19NO4. The molecule has 0 saturated heterocycles. The molecule has 5 nitrogen and oxygen atoms in total. The second kappa shape index (κ2) is 7.98. The fourth-order valence-corrected chi connectivity index (χ4v) is 2.08. The zero-order chi connectivity index (χ0) is 16.7. The maximum Gasteiger partial charge on any atom is 0.310 e. The Balaban J connectivity index is 2.28. The number of hydrogen-bond acceptors (Lipinski definition) is 5. The first-order valence-corrected chi connectivity index (χ1v) is 7.08. The molecule has 23 heavy (non-hydrogen) atoms. The Hall–Kier alpha value is -2.82. The molecule has 0 spiro atoms. The number of carbonyl (C=O) groups is 1. The molecule has 0 aliphatic carbocycles. The SMILES string of the molecule is COC(=O)Cc1ccccc1N=Cc1ccc(OC)cc1OC. The van der Waals surface area contributed by atoms with Gasteiger partial charge in [-0.2, -0.15) is 0 Å². The van der Waals surface area contributed by atoms with E-state index in [1.807, 2.05) is 36.4 Å². The van der Waals surface area contributed by atoms with Crippen LogP contribution in [0.5, 0.6) is 11.5 Å². The second-order valence-corrected chi connectivity index (χ2v) is 4.75. The van der Waals surface area contributed by atoms with Crippen LogP contribution < -0.4 is 9.47 Å². The Bertz CT molecular complexity index is 710. The van der Waals surface area contributed by atoms with Gasteiger partial charge in [0.2, 0.25) is 0 Å². The zero-order valence-corrected chi connectivity index (χ0v) is 13.4. The van der Waals surface area contributed by atoms with Gasteiger partial charge < -0.3 is 14.2 Å². The molecular weight excluding hydrogens is 294 g/mol. The summed E-state index contributed by atoms with van der Waals surface area (Å²) in [7, 11) is 4.57. The number of aliphatic imine (C=N–C) groups is 1. The Morgan fingerprint density at radius 3 is 2.57 bits per heavy atom. The van der Waals surface area contributed by atoms with E-state index in [-0.39, 0.29) is 12.4 Å². The van der Waals surface area contributed by atoms with Crippen molar-refractivity contribution in [3.63, 3.8) is 0 Å². The summed E-state index contributed by atoms with van der Waals surface area (Å²) >= 11 is 0. The first kappa shape index (κ1) is 16.5. The maximum absolute atomic E-state index is 11.5. The van der Waals surface area contributed by atoms with Crippen molar-refractivity contribution in [2.24, 2.45) is 4.99 Å². The summed E-state index contributed by atoms with van der Waals surface area (Å²) < 4.78 is 15.2. The lowest BCUT2D eigenvalue weighted by Crippen LogP contribution is -2.04. The third-order valence-electron chi connectivity index (χ3n) is 3.34. The van der Waals surface area contributed by atoms with Gasteiger partial charge in [0, 0.05) is 17.8 Å². The zero-order valence-electron chi connectivity index (χ0n) is 13.4. The minimum atomic E-state index is -0.297. The van der Waals surface area contributed by atoms with Gasteiger partial charge in [-0.15, -0.1) is 0 Å². The Labute approximate surface area is 135 Å². The average Bonchev–Trinajstić information content (AvgIpc) is 2.60. The minimum Gasteiger partial charge on any atom is -0.497 e. The van der Waals surface area contributed by atoms with Crippen LogP contribution in [-0.4, -0.2) is 33.5 Å². The molecule has 0 saturated carbocycles. The molecule has 2 aromatic rings. The second-order valence-electron chi connectivity index (χ2n) is 4.75. The Morgan fingerprint density at radius 1 is 1.09 bits per heavy atom. The summed E-state index contributed by atoms with van der Waals surface area (Å²) in [6.07, 6.45) is 1.89. The molecule has 2 rings (SSSR count). The largest absolute Gasteiger partial charge is 0.497 e. The van der Waals surface area contributed by atoms with Crippen molar-refractivity contribution in [2.75, 3.05) is 21.3 Å². The first-order chi connectivity index (χ1) is 11.2. The van der Waals surface area contributed by atoms with Gasteiger partial charge in [-0.1, -0.05) is 18.2 Å². The highest BCUT2D eigenvalue weighted by molar-refractivity contribution is 5.86. The minimum absolute atomic E-state index is 0.184. The van der Waals surface area contributed by atoms with Crippen LogP contribution >= 0.6 is 0 Å². The van der Waals surface area contributed by atoms with Gasteiger partial charge in [0.1, 0.15) is 11.5 Å². The maximum atomic E-state index is 11.5. The number of methoxy groups -OCH3 is 3. The summed E-state index contributed by atoms with van der Waals surface area (Å²) in [4.78, 5) is 15.9. The van der Waals surface area contributed by atoms with Crippen LogP contribution in [0.15, 0.2) is 47.5 Å². The number of benzene rings is 2. The van der Waals surface area contributed by atoms with Gasteiger partial charge in [-0.05, 0) is 23.8 Å². The van der Waals surface area contributed by atoms with Crippen molar-refractivity contribution in [1.29, 1.82) is 0 Å². The highest BCUT2D eigenvalue weighted by Gasteiger charge is 2.07. The van der Waals surface area contributed by atoms with Gasteiger partial charge in [0.25, 0.3) is 0 Å². The normalized spacial score (nSPS) is 10.6. The van der Waals surface area contributed by atoms with E-state index in [4.69, 9.17) is 14.2 Å². The number of ether oxygens (including phenoxy) is 3. The predicted molar refractivity (Wildman–Crippen MR) is 89.0 cm³/mol. The van der Waals surface area contributed by atoms with Gasteiger partial charge in [0.15, 0.2) is 0 Å². The third-order valence-corrected chi connectivity index (χ3v) is 3.34. The van der Waals surface area contributed by atoms with Crippen LogP contribution in [-0.2, 0) is 16.0 Å². The molecule has 0 bridgehead atoms. The molecule has 5 heteroatoms. The lowest BCUT2D eigenvalue weighted by atomic mass is 10.1. The number of hydrogen-bond donors (Lipinski definition) is 0. The monoisotopic (exact) mass is 313 g/mol. The predicted octanol–water partition coefficient (Wildman–Crippen LogP) is 3.17. The standard InChI is InChI=1S/C18H19NO4/c1-21-15-9-8-14(17(11-15)22-2)12-19-16-7-5-4-6-13(16)10-18(20)23-3/h4-9,11-12H,10H2,1-3H3. The van der Waals surface area contributed by atoms with E-state index in [1.54, 1.807) is 26.5 Å². The number of esters is 1. The highest BCUT2D eigenvalue weighted by Crippen LogP contribution is 2.25. The summed E-state index contributed by atoms with van der Waals surface area (Å²) in [5, 5.41) is 0. The van der Waals surface area contributed by atoms with Crippen LogP contribution in [0.2, 0.25) is 0 Å². The van der Waals surface area contributed by atoms with E-state index in [9.17, 15) is 4.79 Å². The third kappa shape index (κ3) is 4.32. The summed E-state index contributed by atoms with van der Waals surface area (Å²) in [6, 6.07) is 12.9. The Kier molecular flexibility index (Phi) is 5.74. The number of rotatable bonds is 6.